The largest absolute Gasteiger partial charge is 0.387 e. The normalized spacial score (nSPS) is 22.9. The fourth-order valence-electron chi connectivity index (χ4n) is 1.89. The minimum absolute atomic E-state index is 0.0574. The summed E-state index contributed by atoms with van der Waals surface area (Å²) in [7, 11) is -3.44. The zero-order chi connectivity index (χ0) is 13.9. The summed E-state index contributed by atoms with van der Waals surface area (Å²) in [4.78, 5) is 5.25. The third kappa shape index (κ3) is 3.09. The Bertz CT molecular complexity index is 565. The van der Waals surface area contributed by atoms with Crippen molar-refractivity contribution < 1.29 is 13.3 Å². The van der Waals surface area contributed by atoms with E-state index < -0.39 is 15.4 Å². The average Bonchev–Trinajstić information content (AvgIpc) is 2.85. The number of hydrogen-bond acceptors (Lipinski definition) is 4. The van der Waals surface area contributed by atoms with E-state index in [0.717, 1.165) is 5.56 Å². The summed E-state index contributed by atoms with van der Waals surface area (Å²) in [6.07, 6.45) is 0.881. The van der Waals surface area contributed by atoms with Gasteiger partial charge >= 0.3 is 0 Å². The molecule has 0 spiro atoms. The molecule has 104 valence electrons. The van der Waals surface area contributed by atoms with Crippen LogP contribution in [0, 0.1) is 0 Å². The first-order valence-electron chi connectivity index (χ1n) is 6.09. The average molecular weight is 302 g/mol. The quantitative estimate of drug-likeness (QED) is 0.804. The first-order chi connectivity index (χ1) is 9.01. The Morgan fingerprint density at radius 3 is 2.58 bits per heavy atom. The lowest BCUT2D eigenvalue weighted by atomic mass is 10.0. The van der Waals surface area contributed by atoms with Gasteiger partial charge in [0.05, 0.1) is 11.6 Å². The molecule has 2 rings (SSSR count). The fourth-order valence-corrected chi connectivity index (χ4v) is 3.65. The zero-order valence-corrected chi connectivity index (χ0v) is 12.2. The van der Waals surface area contributed by atoms with Crippen LogP contribution in [0.1, 0.15) is 25.3 Å². The van der Waals surface area contributed by atoms with Crippen LogP contribution in [0.15, 0.2) is 35.5 Å². The number of benzene rings is 1. The maximum Gasteiger partial charge on any atom is 0.199 e. The minimum atomic E-state index is -3.44. The van der Waals surface area contributed by atoms with Gasteiger partial charge in [0, 0.05) is 6.42 Å². The molecule has 0 amide bonds. The number of halogens is 1. The van der Waals surface area contributed by atoms with Crippen LogP contribution >= 0.6 is 11.6 Å². The maximum atomic E-state index is 12.3. The zero-order valence-electron chi connectivity index (χ0n) is 10.7. The van der Waals surface area contributed by atoms with E-state index in [1.165, 1.54) is 0 Å². The van der Waals surface area contributed by atoms with Crippen LogP contribution in [0.5, 0.6) is 0 Å². The lowest BCUT2D eigenvalue weighted by molar-refractivity contribution is -0.00310. The van der Waals surface area contributed by atoms with Crippen LogP contribution in [0.3, 0.4) is 0 Å². The van der Waals surface area contributed by atoms with E-state index in [0.29, 0.717) is 6.42 Å². The van der Waals surface area contributed by atoms with E-state index in [1.807, 2.05) is 25.1 Å². The standard InChI is InChI=1S/C13H16ClNO3S/c1-2-13(10-14)8-12(15-18-13)19(16,17)9-11-6-4-3-5-7-11/h3-7H,2,8-10H2,1H3. The molecule has 0 saturated heterocycles. The van der Waals surface area contributed by atoms with Crippen LogP contribution in [-0.2, 0) is 20.4 Å². The Hall–Kier alpha value is -1.07. The molecule has 1 aliphatic heterocycles. The van der Waals surface area contributed by atoms with E-state index in [-0.39, 0.29) is 23.1 Å². The molecular weight excluding hydrogens is 286 g/mol. The van der Waals surface area contributed by atoms with Gasteiger partial charge in [0.1, 0.15) is 0 Å². The van der Waals surface area contributed by atoms with Gasteiger partial charge < -0.3 is 4.84 Å². The van der Waals surface area contributed by atoms with E-state index in [9.17, 15) is 8.42 Å². The van der Waals surface area contributed by atoms with Crippen LogP contribution in [0.4, 0.5) is 0 Å². The molecule has 1 atom stereocenters. The molecule has 19 heavy (non-hydrogen) atoms. The second-order valence-electron chi connectivity index (χ2n) is 4.67. The van der Waals surface area contributed by atoms with Crippen LogP contribution in [0.2, 0.25) is 0 Å². The molecule has 0 saturated carbocycles. The lowest BCUT2D eigenvalue weighted by Crippen LogP contribution is -2.31. The van der Waals surface area contributed by atoms with Gasteiger partial charge in [-0.1, -0.05) is 42.4 Å². The summed E-state index contributed by atoms with van der Waals surface area (Å²) in [6, 6.07) is 9.03. The third-order valence-electron chi connectivity index (χ3n) is 3.26. The van der Waals surface area contributed by atoms with Crippen molar-refractivity contribution in [3.05, 3.63) is 35.9 Å². The smallest absolute Gasteiger partial charge is 0.199 e. The SMILES string of the molecule is CCC1(CCl)CC(S(=O)(=O)Cc2ccccc2)=NO1. The molecule has 0 aromatic heterocycles. The molecule has 1 unspecified atom stereocenters. The van der Waals surface area contributed by atoms with Crippen molar-refractivity contribution in [3.63, 3.8) is 0 Å². The Kier molecular flexibility index (Phi) is 4.16. The Morgan fingerprint density at radius 1 is 1.37 bits per heavy atom. The molecule has 0 N–H and O–H groups in total. The number of alkyl halides is 1. The third-order valence-corrected chi connectivity index (χ3v) is 5.40. The summed E-state index contributed by atoms with van der Waals surface area (Å²) in [5.41, 5.74) is 0.0748. The van der Waals surface area contributed by atoms with Gasteiger partial charge in [-0.2, -0.15) is 0 Å². The summed E-state index contributed by atoms with van der Waals surface area (Å²) >= 11 is 5.85. The number of rotatable bonds is 4. The predicted octanol–water partition coefficient (Wildman–Crippen LogP) is 2.72. The van der Waals surface area contributed by atoms with Gasteiger partial charge in [-0.3, -0.25) is 0 Å². The molecule has 0 radical (unpaired) electrons. The first-order valence-corrected chi connectivity index (χ1v) is 8.28. The van der Waals surface area contributed by atoms with Crippen LogP contribution in [0.25, 0.3) is 0 Å². The highest BCUT2D eigenvalue weighted by atomic mass is 35.5. The highest BCUT2D eigenvalue weighted by Crippen LogP contribution is 2.31. The first kappa shape index (κ1) is 14.3. The Balaban J connectivity index is 2.14. The van der Waals surface area contributed by atoms with Crippen molar-refractivity contribution in [1.82, 2.24) is 0 Å². The monoisotopic (exact) mass is 301 g/mol. The van der Waals surface area contributed by atoms with Gasteiger partial charge in [0.25, 0.3) is 0 Å². The highest BCUT2D eigenvalue weighted by molar-refractivity contribution is 8.05. The summed E-state index contributed by atoms with van der Waals surface area (Å²) in [5, 5.41) is 3.84. The lowest BCUT2D eigenvalue weighted by Gasteiger charge is -2.21. The fraction of sp³-hybridized carbons (Fsp3) is 0.462. The summed E-state index contributed by atoms with van der Waals surface area (Å²) < 4.78 is 24.5. The summed E-state index contributed by atoms with van der Waals surface area (Å²) in [6.45, 7) is 1.91. The number of oxime groups is 1. The molecule has 6 heteroatoms. The number of sulfone groups is 1. The van der Waals surface area contributed by atoms with Crippen molar-refractivity contribution in [3.8, 4) is 0 Å². The Labute approximate surface area is 118 Å². The minimum Gasteiger partial charge on any atom is -0.387 e. The van der Waals surface area contributed by atoms with Crippen molar-refractivity contribution in [2.75, 3.05) is 5.88 Å². The van der Waals surface area contributed by atoms with Crippen LogP contribution in [-0.4, -0.2) is 24.9 Å². The molecule has 0 fully saturated rings. The molecule has 4 nitrogen and oxygen atoms in total. The molecular formula is C13H16ClNO3S. The van der Waals surface area contributed by atoms with Gasteiger partial charge in [-0.05, 0) is 12.0 Å². The highest BCUT2D eigenvalue weighted by Gasteiger charge is 2.41. The second-order valence-corrected chi connectivity index (χ2v) is 6.92. The molecule has 1 aromatic rings. The Morgan fingerprint density at radius 2 is 2.05 bits per heavy atom. The number of nitrogens with zero attached hydrogens (tertiary/aromatic N) is 1. The second kappa shape index (κ2) is 5.51. The predicted molar refractivity (Wildman–Crippen MR) is 75.9 cm³/mol. The van der Waals surface area contributed by atoms with Crippen molar-refractivity contribution >= 4 is 26.5 Å². The maximum absolute atomic E-state index is 12.3. The number of hydrogen-bond donors (Lipinski definition) is 0. The van der Waals surface area contributed by atoms with Gasteiger partial charge in [0.15, 0.2) is 20.5 Å². The molecule has 1 aromatic carbocycles. The van der Waals surface area contributed by atoms with E-state index in [1.54, 1.807) is 12.1 Å². The van der Waals surface area contributed by atoms with Crippen molar-refractivity contribution in [2.24, 2.45) is 5.16 Å². The van der Waals surface area contributed by atoms with E-state index >= 15 is 0 Å². The topological polar surface area (TPSA) is 55.7 Å². The molecule has 0 aliphatic carbocycles. The van der Waals surface area contributed by atoms with Crippen LogP contribution < -0.4 is 0 Å². The van der Waals surface area contributed by atoms with Gasteiger partial charge in [0.2, 0.25) is 0 Å². The van der Waals surface area contributed by atoms with Gasteiger partial charge in [-0.15, -0.1) is 11.6 Å². The molecule has 1 heterocycles. The van der Waals surface area contributed by atoms with Crippen molar-refractivity contribution in [1.29, 1.82) is 0 Å². The van der Waals surface area contributed by atoms with Gasteiger partial charge in [-0.25, -0.2) is 8.42 Å². The molecule has 0 bridgehead atoms. The van der Waals surface area contributed by atoms with E-state index in [2.05, 4.69) is 5.16 Å². The molecule has 1 aliphatic rings. The van der Waals surface area contributed by atoms with E-state index in [4.69, 9.17) is 16.4 Å². The summed E-state index contributed by atoms with van der Waals surface area (Å²) in [5.74, 6) is 0.176. The van der Waals surface area contributed by atoms with Crippen molar-refractivity contribution in [2.45, 2.75) is 31.1 Å².